The topological polar surface area (TPSA) is 116 Å². The lowest BCUT2D eigenvalue weighted by molar-refractivity contribution is -0.137. The number of hydrogen-bond donors (Lipinski definition) is 3. The van der Waals surface area contributed by atoms with Crippen LogP contribution in [0.3, 0.4) is 0 Å². The Labute approximate surface area is 212 Å². The Kier molecular flexibility index (Phi) is 7.00. The molecule has 4 rings (SSSR count). The zero-order chi connectivity index (χ0) is 27.0. The molecule has 37 heavy (non-hydrogen) atoms. The van der Waals surface area contributed by atoms with Crippen molar-refractivity contribution in [2.24, 2.45) is 0 Å². The highest BCUT2D eigenvalue weighted by molar-refractivity contribution is 7.92. The highest BCUT2D eigenvalue weighted by atomic mass is 32.2. The Morgan fingerprint density at radius 2 is 1.95 bits per heavy atom. The van der Waals surface area contributed by atoms with Gasteiger partial charge in [0.05, 0.1) is 17.9 Å². The highest BCUT2D eigenvalue weighted by Crippen LogP contribution is 2.35. The number of amides is 1. The van der Waals surface area contributed by atoms with Crippen molar-refractivity contribution in [3.63, 3.8) is 0 Å². The summed E-state index contributed by atoms with van der Waals surface area (Å²) in [5.74, 6) is -0.810. The predicted octanol–water partition coefficient (Wildman–Crippen LogP) is 4.44. The summed E-state index contributed by atoms with van der Waals surface area (Å²) in [6, 6.07) is 10.1. The first kappa shape index (κ1) is 26.2. The third-order valence-electron chi connectivity index (χ3n) is 6.02. The number of rotatable bonds is 8. The summed E-state index contributed by atoms with van der Waals surface area (Å²) in [6.07, 6.45) is -3.84. The predicted molar refractivity (Wildman–Crippen MR) is 135 cm³/mol. The van der Waals surface area contributed by atoms with Crippen molar-refractivity contribution in [2.45, 2.75) is 33.0 Å². The Balaban J connectivity index is 1.64. The first-order chi connectivity index (χ1) is 17.4. The van der Waals surface area contributed by atoms with Crippen LogP contribution in [0.4, 0.5) is 42.0 Å². The lowest BCUT2D eigenvalue weighted by Crippen LogP contribution is -2.29. The maximum absolute atomic E-state index is 13.7. The number of nitrogens with one attached hydrogen (secondary N) is 3. The second-order valence-corrected chi connectivity index (χ2v) is 10.8. The maximum Gasteiger partial charge on any atom is 0.421 e. The Hall–Kier alpha value is -3.87. The van der Waals surface area contributed by atoms with E-state index in [2.05, 4.69) is 25.9 Å². The molecule has 0 spiro atoms. The van der Waals surface area contributed by atoms with E-state index in [9.17, 15) is 26.4 Å². The summed E-state index contributed by atoms with van der Waals surface area (Å²) in [4.78, 5) is 19.5. The van der Waals surface area contributed by atoms with Crippen molar-refractivity contribution < 1.29 is 26.4 Å². The number of benzene rings is 2. The molecule has 196 valence electrons. The number of carbonyl (C=O) groups is 1. The first-order valence-electron chi connectivity index (χ1n) is 11.3. The molecule has 3 N–H and O–H groups in total. The van der Waals surface area contributed by atoms with E-state index >= 15 is 0 Å². The third kappa shape index (κ3) is 5.61. The van der Waals surface area contributed by atoms with E-state index in [0.29, 0.717) is 34.4 Å². The minimum atomic E-state index is -4.72. The molecule has 0 unspecified atom stereocenters. The zero-order valence-electron chi connectivity index (χ0n) is 20.3. The number of aromatic nitrogens is 2. The standard InChI is InChI=1S/C24H25F3N6O3S/c1-4-37(35,36)33(3)20-7-5-6-14(2)17(20)12-28-22-18(24(25,26)27)13-29-23(32-22)30-16-8-9-19-15(10-16)11-21(34)31-19/h5-10,13H,4,11-12H2,1-3H3,(H,31,34)(H2,28,29,30,32). The van der Waals surface area contributed by atoms with Crippen molar-refractivity contribution in [1.29, 1.82) is 0 Å². The fraction of sp³-hybridized carbons (Fsp3) is 0.292. The molecule has 9 nitrogen and oxygen atoms in total. The van der Waals surface area contributed by atoms with Gasteiger partial charge in [0.15, 0.2) is 0 Å². The summed E-state index contributed by atoms with van der Waals surface area (Å²) >= 11 is 0. The average Bonchev–Trinajstić information content (AvgIpc) is 3.21. The monoisotopic (exact) mass is 534 g/mol. The quantitative estimate of drug-likeness (QED) is 0.391. The van der Waals surface area contributed by atoms with Gasteiger partial charge in [-0.15, -0.1) is 0 Å². The van der Waals surface area contributed by atoms with E-state index in [1.165, 1.54) is 14.0 Å². The van der Waals surface area contributed by atoms with Gasteiger partial charge in [0, 0.05) is 31.2 Å². The Morgan fingerprint density at radius 1 is 1.19 bits per heavy atom. The van der Waals surface area contributed by atoms with Crippen LogP contribution >= 0.6 is 0 Å². The number of fused-ring (bicyclic) bond motifs is 1. The molecule has 2 aromatic carbocycles. The molecule has 1 aliphatic heterocycles. The van der Waals surface area contributed by atoms with Crippen molar-refractivity contribution >= 4 is 44.8 Å². The molecule has 13 heteroatoms. The maximum atomic E-state index is 13.7. The molecule has 0 saturated carbocycles. The molecule has 0 saturated heterocycles. The van der Waals surface area contributed by atoms with Gasteiger partial charge in [-0.05, 0) is 54.8 Å². The number of carbonyl (C=O) groups excluding carboxylic acids is 1. The number of nitrogens with zero attached hydrogens (tertiary/aromatic N) is 3. The molecule has 0 bridgehead atoms. The zero-order valence-corrected chi connectivity index (χ0v) is 21.1. The second-order valence-electron chi connectivity index (χ2n) is 8.47. The van der Waals surface area contributed by atoms with Gasteiger partial charge in [0.25, 0.3) is 0 Å². The molecular weight excluding hydrogens is 509 g/mol. The molecule has 3 aromatic rings. The molecule has 0 radical (unpaired) electrons. The molecule has 0 fully saturated rings. The summed E-state index contributed by atoms with van der Waals surface area (Å²) < 4.78 is 67.2. The van der Waals surface area contributed by atoms with Crippen molar-refractivity contribution in [2.75, 3.05) is 33.1 Å². The number of anilines is 5. The fourth-order valence-electron chi connectivity index (χ4n) is 3.95. The lowest BCUT2D eigenvalue weighted by atomic mass is 10.1. The summed E-state index contributed by atoms with van der Waals surface area (Å²) in [6.45, 7) is 3.15. The van der Waals surface area contributed by atoms with Gasteiger partial charge in [-0.1, -0.05) is 12.1 Å². The number of hydrogen-bond acceptors (Lipinski definition) is 7. The van der Waals surface area contributed by atoms with Crippen LogP contribution in [-0.4, -0.2) is 37.1 Å². The van der Waals surface area contributed by atoms with Gasteiger partial charge in [0.2, 0.25) is 21.9 Å². The first-order valence-corrected chi connectivity index (χ1v) is 12.9. The number of aryl methyl sites for hydroxylation is 1. The van der Waals surface area contributed by atoms with Crippen LogP contribution in [0.15, 0.2) is 42.6 Å². The van der Waals surface area contributed by atoms with Crippen LogP contribution in [0.25, 0.3) is 0 Å². The van der Waals surface area contributed by atoms with Gasteiger partial charge in [-0.3, -0.25) is 9.10 Å². The van der Waals surface area contributed by atoms with Crippen LogP contribution in [0.5, 0.6) is 0 Å². The van der Waals surface area contributed by atoms with Crippen molar-refractivity contribution in [1.82, 2.24) is 9.97 Å². The molecule has 1 aliphatic rings. The number of halogens is 3. The molecule has 0 aliphatic carbocycles. The normalized spacial score (nSPS) is 13.2. The Bertz CT molecular complexity index is 1460. The van der Waals surface area contributed by atoms with E-state index in [0.717, 1.165) is 9.87 Å². The third-order valence-corrected chi connectivity index (χ3v) is 7.78. The van der Waals surface area contributed by atoms with Crippen LogP contribution in [0.1, 0.15) is 29.2 Å². The van der Waals surface area contributed by atoms with Crippen molar-refractivity contribution in [3.05, 3.63) is 64.8 Å². The van der Waals surface area contributed by atoms with Gasteiger partial charge < -0.3 is 16.0 Å². The van der Waals surface area contributed by atoms with E-state index < -0.39 is 27.6 Å². The van der Waals surface area contributed by atoms with Gasteiger partial charge >= 0.3 is 6.18 Å². The minimum Gasteiger partial charge on any atom is -0.365 e. The summed E-state index contributed by atoms with van der Waals surface area (Å²) in [7, 11) is -2.18. The lowest BCUT2D eigenvalue weighted by Gasteiger charge is -2.23. The molecule has 0 atom stereocenters. The van der Waals surface area contributed by atoms with Crippen LogP contribution in [-0.2, 0) is 34.0 Å². The minimum absolute atomic E-state index is 0.0802. The van der Waals surface area contributed by atoms with Crippen LogP contribution in [0.2, 0.25) is 0 Å². The van der Waals surface area contributed by atoms with Crippen LogP contribution < -0.4 is 20.3 Å². The van der Waals surface area contributed by atoms with Crippen LogP contribution in [0, 0.1) is 6.92 Å². The molecule has 1 amide bonds. The van der Waals surface area contributed by atoms with Crippen molar-refractivity contribution in [3.8, 4) is 0 Å². The average molecular weight is 535 g/mol. The second kappa shape index (κ2) is 9.88. The molecule has 1 aromatic heterocycles. The van der Waals surface area contributed by atoms with Gasteiger partial charge in [-0.2, -0.15) is 18.2 Å². The summed E-state index contributed by atoms with van der Waals surface area (Å²) in [5, 5.41) is 8.32. The van der Waals surface area contributed by atoms with E-state index in [-0.39, 0.29) is 30.6 Å². The number of alkyl halides is 3. The smallest absolute Gasteiger partial charge is 0.365 e. The van der Waals surface area contributed by atoms with Gasteiger partial charge in [0.1, 0.15) is 11.4 Å². The highest BCUT2D eigenvalue weighted by Gasteiger charge is 2.35. The number of sulfonamides is 1. The Morgan fingerprint density at radius 3 is 2.65 bits per heavy atom. The SMILES string of the molecule is CCS(=O)(=O)N(C)c1cccc(C)c1CNc1nc(Nc2ccc3c(c2)CC(=O)N3)ncc1C(F)(F)F. The molecule has 2 heterocycles. The molecular formula is C24H25F3N6O3S. The summed E-state index contributed by atoms with van der Waals surface area (Å²) in [5.41, 5.74) is 2.44. The van der Waals surface area contributed by atoms with E-state index in [1.807, 2.05) is 0 Å². The van der Waals surface area contributed by atoms with E-state index in [1.54, 1.807) is 43.3 Å². The fourth-order valence-corrected chi connectivity index (χ4v) is 4.81. The van der Waals surface area contributed by atoms with E-state index in [4.69, 9.17) is 0 Å². The largest absolute Gasteiger partial charge is 0.421 e. The van der Waals surface area contributed by atoms with Gasteiger partial charge in [-0.25, -0.2) is 13.4 Å².